The Morgan fingerprint density at radius 3 is 2.64 bits per heavy atom. The third-order valence-corrected chi connectivity index (χ3v) is 4.67. The number of aryl methyl sites for hydroxylation is 1. The van der Waals surface area contributed by atoms with Crippen LogP contribution in [0.1, 0.15) is 63.0 Å². The van der Waals surface area contributed by atoms with Crippen molar-refractivity contribution in [3.8, 4) is 5.75 Å². The molecule has 2 rings (SSSR count). The van der Waals surface area contributed by atoms with Crippen LogP contribution in [0.4, 0.5) is 0 Å². The lowest BCUT2D eigenvalue weighted by Gasteiger charge is -2.27. The van der Waals surface area contributed by atoms with Crippen LogP contribution in [0.15, 0.2) is 43.0 Å². The minimum absolute atomic E-state index is 0.588. The molecule has 0 radical (unpaired) electrons. The summed E-state index contributed by atoms with van der Waals surface area (Å²) < 4.78 is 5.80. The molecule has 1 aliphatic carbocycles. The van der Waals surface area contributed by atoms with Crippen molar-refractivity contribution in [2.24, 2.45) is 5.92 Å². The quantitative estimate of drug-likeness (QED) is 0.556. The fourth-order valence-electron chi connectivity index (χ4n) is 3.52. The fraction of sp³-hybridized carbons (Fsp3) is 0.524. The molecule has 0 aliphatic heterocycles. The van der Waals surface area contributed by atoms with E-state index in [9.17, 15) is 0 Å². The lowest BCUT2D eigenvalue weighted by atomic mass is 9.78. The summed E-state index contributed by atoms with van der Waals surface area (Å²) in [4.78, 5) is 0. The van der Waals surface area contributed by atoms with Gasteiger partial charge < -0.3 is 4.74 Å². The molecule has 120 valence electrons. The van der Waals surface area contributed by atoms with Crippen LogP contribution in [-0.2, 0) is 6.42 Å². The largest absolute Gasteiger partial charge is 0.489 e. The summed E-state index contributed by atoms with van der Waals surface area (Å²) in [6, 6.07) is 6.84. The first kappa shape index (κ1) is 16.9. The van der Waals surface area contributed by atoms with Gasteiger partial charge in [-0.05, 0) is 68.1 Å². The van der Waals surface area contributed by atoms with Gasteiger partial charge in [0.15, 0.2) is 0 Å². The van der Waals surface area contributed by atoms with Crippen LogP contribution in [0.3, 0.4) is 0 Å². The molecule has 0 spiro atoms. The number of allylic oxidation sites excluding steroid dienone is 2. The molecule has 1 aliphatic rings. The lowest BCUT2D eigenvalue weighted by molar-refractivity contribution is 0.357. The van der Waals surface area contributed by atoms with E-state index in [0.717, 1.165) is 30.4 Å². The number of hydrogen-bond acceptors (Lipinski definition) is 1. The third-order valence-electron chi connectivity index (χ3n) is 4.67. The van der Waals surface area contributed by atoms with E-state index in [1.165, 1.54) is 36.8 Å². The SMILES string of the molecule is C=CCOc1ccc([C@H]2CC[C@H](C=CC)CC2)cc1CCC. The standard InChI is InChI=1S/C21H30O/c1-4-7-17-9-11-18(12-10-17)19-13-14-21(22-15-6-3)20(16-19)8-5-2/h4,6-7,13-14,16-18H,3,5,8-12,15H2,1-2H3/t17-,18-. The highest BCUT2D eigenvalue weighted by molar-refractivity contribution is 5.39. The Morgan fingerprint density at radius 1 is 1.23 bits per heavy atom. The highest BCUT2D eigenvalue weighted by Gasteiger charge is 2.21. The van der Waals surface area contributed by atoms with Gasteiger partial charge in [-0.2, -0.15) is 0 Å². The maximum absolute atomic E-state index is 5.80. The molecule has 0 amide bonds. The normalized spacial score (nSPS) is 21.9. The van der Waals surface area contributed by atoms with Crippen molar-refractivity contribution in [1.29, 1.82) is 0 Å². The van der Waals surface area contributed by atoms with Crippen molar-refractivity contribution >= 4 is 0 Å². The summed E-state index contributed by atoms with van der Waals surface area (Å²) in [6.45, 7) is 8.68. The fourth-order valence-corrected chi connectivity index (χ4v) is 3.52. The molecule has 1 nitrogen and oxygen atoms in total. The summed E-state index contributed by atoms with van der Waals surface area (Å²) in [5.41, 5.74) is 2.87. The second kappa shape index (κ2) is 8.82. The minimum atomic E-state index is 0.588. The van der Waals surface area contributed by atoms with Gasteiger partial charge in [0.05, 0.1) is 0 Å². The molecule has 1 aromatic carbocycles. The maximum Gasteiger partial charge on any atom is 0.122 e. The summed E-state index contributed by atoms with van der Waals surface area (Å²) in [5.74, 6) is 2.56. The van der Waals surface area contributed by atoms with Gasteiger partial charge in [0, 0.05) is 0 Å². The van der Waals surface area contributed by atoms with Gasteiger partial charge in [0.1, 0.15) is 12.4 Å². The lowest BCUT2D eigenvalue weighted by Crippen LogP contribution is -2.12. The number of benzene rings is 1. The molecular weight excluding hydrogens is 268 g/mol. The second-order valence-corrected chi connectivity index (χ2v) is 6.35. The number of hydrogen-bond donors (Lipinski definition) is 0. The molecule has 0 aromatic heterocycles. The zero-order valence-corrected chi connectivity index (χ0v) is 14.2. The van der Waals surface area contributed by atoms with Crippen LogP contribution in [0, 0.1) is 5.92 Å². The topological polar surface area (TPSA) is 9.23 Å². The van der Waals surface area contributed by atoms with Gasteiger partial charge in [-0.3, -0.25) is 0 Å². The van der Waals surface area contributed by atoms with E-state index in [4.69, 9.17) is 4.74 Å². The molecule has 1 saturated carbocycles. The van der Waals surface area contributed by atoms with E-state index in [1.807, 2.05) is 6.08 Å². The smallest absolute Gasteiger partial charge is 0.122 e. The van der Waals surface area contributed by atoms with Crippen molar-refractivity contribution in [3.05, 3.63) is 54.1 Å². The van der Waals surface area contributed by atoms with Crippen LogP contribution in [-0.4, -0.2) is 6.61 Å². The molecule has 0 N–H and O–H groups in total. The zero-order chi connectivity index (χ0) is 15.8. The second-order valence-electron chi connectivity index (χ2n) is 6.35. The van der Waals surface area contributed by atoms with E-state index in [-0.39, 0.29) is 0 Å². The van der Waals surface area contributed by atoms with Crippen LogP contribution in [0.25, 0.3) is 0 Å². The van der Waals surface area contributed by atoms with E-state index in [1.54, 1.807) is 0 Å². The predicted octanol–water partition coefficient (Wildman–Crippen LogP) is 6.05. The summed E-state index contributed by atoms with van der Waals surface area (Å²) >= 11 is 0. The highest BCUT2D eigenvalue weighted by atomic mass is 16.5. The van der Waals surface area contributed by atoms with Crippen LogP contribution < -0.4 is 4.74 Å². The monoisotopic (exact) mass is 298 g/mol. The zero-order valence-electron chi connectivity index (χ0n) is 14.2. The third kappa shape index (κ3) is 4.50. The van der Waals surface area contributed by atoms with Crippen LogP contribution in [0.2, 0.25) is 0 Å². The molecule has 1 heteroatoms. The average molecular weight is 298 g/mol. The first-order valence-electron chi connectivity index (χ1n) is 8.77. The minimum Gasteiger partial charge on any atom is -0.489 e. The summed E-state index contributed by atoms with van der Waals surface area (Å²) in [6.07, 6.45) is 13.9. The van der Waals surface area contributed by atoms with Crippen LogP contribution in [0.5, 0.6) is 5.75 Å². The molecule has 0 atom stereocenters. The Kier molecular flexibility index (Phi) is 6.76. The van der Waals surface area contributed by atoms with Gasteiger partial charge in [0.2, 0.25) is 0 Å². The number of ether oxygens (including phenoxy) is 1. The van der Waals surface area contributed by atoms with Gasteiger partial charge in [-0.1, -0.05) is 50.3 Å². The van der Waals surface area contributed by atoms with E-state index < -0.39 is 0 Å². The first-order chi connectivity index (χ1) is 10.8. The average Bonchev–Trinajstić information content (AvgIpc) is 2.55. The molecule has 0 saturated heterocycles. The van der Waals surface area contributed by atoms with Gasteiger partial charge in [-0.15, -0.1) is 0 Å². The molecule has 1 fully saturated rings. The van der Waals surface area contributed by atoms with E-state index in [2.05, 4.69) is 50.8 Å². The molecule has 0 unspecified atom stereocenters. The Labute approximate surface area is 136 Å². The van der Waals surface area contributed by atoms with Crippen molar-refractivity contribution in [2.75, 3.05) is 6.61 Å². The highest BCUT2D eigenvalue weighted by Crippen LogP contribution is 2.37. The van der Waals surface area contributed by atoms with E-state index >= 15 is 0 Å². The Hall–Kier alpha value is -1.50. The van der Waals surface area contributed by atoms with E-state index in [0.29, 0.717) is 6.61 Å². The van der Waals surface area contributed by atoms with Crippen molar-refractivity contribution in [3.63, 3.8) is 0 Å². The van der Waals surface area contributed by atoms with Gasteiger partial charge >= 0.3 is 0 Å². The van der Waals surface area contributed by atoms with Gasteiger partial charge in [0.25, 0.3) is 0 Å². The van der Waals surface area contributed by atoms with Crippen molar-refractivity contribution in [2.45, 2.75) is 58.3 Å². The molecule has 22 heavy (non-hydrogen) atoms. The maximum atomic E-state index is 5.80. The molecule has 0 bridgehead atoms. The molecule has 1 aromatic rings. The van der Waals surface area contributed by atoms with Crippen LogP contribution >= 0.6 is 0 Å². The van der Waals surface area contributed by atoms with Crippen molar-refractivity contribution < 1.29 is 4.74 Å². The van der Waals surface area contributed by atoms with Gasteiger partial charge in [-0.25, -0.2) is 0 Å². The first-order valence-corrected chi connectivity index (χ1v) is 8.77. The number of rotatable bonds is 7. The Bertz CT molecular complexity index is 493. The Balaban J connectivity index is 2.08. The molecule has 0 heterocycles. The Morgan fingerprint density at radius 2 is 2.00 bits per heavy atom. The molecular formula is C21H30O. The van der Waals surface area contributed by atoms with Crippen molar-refractivity contribution in [1.82, 2.24) is 0 Å². The summed E-state index contributed by atoms with van der Waals surface area (Å²) in [5, 5.41) is 0. The summed E-state index contributed by atoms with van der Waals surface area (Å²) in [7, 11) is 0. The predicted molar refractivity (Wildman–Crippen MR) is 95.6 cm³/mol.